The highest BCUT2D eigenvalue weighted by Gasteiger charge is 2.33. The molecule has 7 nitrogen and oxygen atoms in total. The van der Waals surface area contributed by atoms with Gasteiger partial charge < -0.3 is 15.7 Å². The third kappa shape index (κ3) is 6.27. The van der Waals surface area contributed by atoms with Crippen molar-refractivity contribution in [1.29, 1.82) is 0 Å². The fourth-order valence-corrected chi connectivity index (χ4v) is 5.82. The maximum Gasteiger partial charge on any atom is 0.255 e. The van der Waals surface area contributed by atoms with Crippen LogP contribution in [0.2, 0.25) is 15.1 Å². The SMILES string of the molecule is CCC(C(=O)Nc1cc(O)c(NC(=O)c2ccc(Cl)c(Cl)c2)cc1Cl)S(=O)(=O)c1ccc(SC)cc1. The zero-order valence-corrected chi connectivity index (χ0v) is 22.9. The van der Waals surface area contributed by atoms with Gasteiger partial charge in [-0.25, -0.2) is 8.42 Å². The predicted molar refractivity (Wildman–Crippen MR) is 146 cm³/mol. The first-order valence-electron chi connectivity index (χ1n) is 10.5. The number of sulfone groups is 1. The number of nitrogens with one attached hydrogen (secondary N) is 2. The minimum atomic E-state index is -3.98. The molecule has 1 unspecified atom stereocenters. The number of aromatic hydroxyl groups is 1. The Balaban J connectivity index is 1.80. The van der Waals surface area contributed by atoms with Crippen LogP contribution in [-0.2, 0) is 14.6 Å². The van der Waals surface area contributed by atoms with Gasteiger partial charge in [-0.1, -0.05) is 41.7 Å². The molecule has 2 amide bonds. The Bertz CT molecular complexity index is 1410. The molecule has 0 saturated carbocycles. The third-order valence-corrected chi connectivity index (χ3v) is 9.22. The van der Waals surface area contributed by atoms with E-state index in [9.17, 15) is 23.1 Å². The van der Waals surface area contributed by atoms with Crippen LogP contribution in [0, 0.1) is 0 Å². The van der Waals surface area contributed by atoms with E-state index in [1.54, 1.807) is 19.1 Å². The highest BCUT2D eigenvalue weighted by molar-refractivity contribution is 7.98. The number of hydrogen-bond acceptors (Lipinski definition) is 6. The van der Waals surface area contributed by atoms with Crippen LogP contribution in [0.1, 0.15) is 23.7 Å². The van der Waals surface area contributed by atoms with Crippen molar-refractivity contribution in [2.24, 2.45) is 0 Å². The average Bonchev–Trinajstić information content (AvgIpc) is 2.84. The lowest BCUT2D eigenvalue weighted by molar-refractivity contribution is -0.115. The number of carbonyl (C=O) groups excluding carboxylic acids is 2. The number of phenols is 1. The number of phenolic OH excluding ortho intramolecular Hbond substituents is 1. The Kier molecular flexibility index (Phi) is 9.18. The number of halogens is 3. The molecule has 3 N–H and O–H groups in total. The Morgan fingerprint density at radius 2 is 1.58 bits per heavy atom. The van der Waals surface area contributed by atoms with Crippen molar-refractivity contribution in [2.75, 3.05) is 16.9 Å². The zero-order valence-electron chi connectivity index (χ0n) is 19.0. The lowest BCUT2D eigenvalue weighted by atomic mass is 10.2. The Labute approximate surface area is 228 Å². The van der Waals surface area contributed by atoms with Crippen molar-refractivity contribution in [3.05, 3.63) is 75.2 Å². The number of hydrogen-bond donors (Lipinski definition) is 3. The van der Waals surface area contributed by atoms with E-state index in [1.807, 2.05) is 6.26 Å². The van der Waals surface area contributed by atoms with Crippen LogP contribution in [0.25, 0.3) is 0 Å². The summed E-state index contributed by atoms with van der Waals surface area (Å²) < 4.78 is 26.2. The first-order chi connectivity index (χ1) is 17.0. The third-order valence-electron chi connectivity index (χ3n) is 5.20. The molecule has 0 aliphatic heterocycles. The smallest absolute Gasteiger partial charge is 0.255 e. The van der Waals surface area contributed by atoms with Gasteiger partial charge in [0, 0.05) is 16.5 Å². The number of thioether (sulfide) groups is 1. The van der Waals surface area contributed by atoms with Crippen molar-refractivity contribution in [1.82, 2.24) is 0 Å². The monoisotopic (exact) mass is 586 g/mol. The van der Waals surface area contributed by atoms with Gasteiger partial charge in [0.05, 0.1) is 31.3 Å². The normalized spacial score (nSPS) is 12.1. The average molecular weight is 588 g/mol. The lowest BCUT2D eigenvalue weighted by Crippen LogP contribution is -2.34. The molecule has 3 aromatic carbocycles. The van der Waals surface area contributed by atoms with Gasteiger partial charge in [0.1, 0.15) is 11.0 Å². The first-order valence-corrected chi connectivity index (χ1v) is 14.4. The molecular formula is C24H21Cl3N2O5S2. The molecule has 0 spiro atoms. The molecule has 0 radical (unpaired) electrons. The summed E-state index contributed by atoms with van der Waals surface area (Å²) >= 11 is 19.5. The largest absolute Gasteiger partial charge is 0.506 e. The van der Waals surface area contributed by atoms with Crippen LogP contribution in [0.15, 0.2) is 64.4 Å². The van der Waals surface area contributed by atoms with Crippen molar-refractivity contribution < 1.29 is 23.1 Å². The second kappa shape index (κ2) is 11.7. The Hall–Kier alpha value is -2.43. The predicted octanol–water partition coefficient (Wildman–Crippen LogP) is 6.52. The zero-order chi connectivity index (χ0) is 26.6. The summed E-state index contributed by atoms with van der Waals surface area (Å²) in [5, 5.41) is 14.4. The Morgan fingerprint density at radius 3 is 2.17 bits per heavy atom. The lowest BCUT2D eigenvalue weighted by Gasteiger charge is -2.18. The molecule has 190 valence electrons. The van der Waals surface area contributed by atoms with Crippen LogP contribution in [-0.4, -0.2) is 36.8 Å². The summed E-state index contributed by atoms with van der Waals surface area (Å²) in [6.07, 6.45) is 1.88. The van der Waals surface area contributed by atoms with E-state index in [1.165, 1.54) is 48.2 Å². The van der Waals surface area contributed by atoms with Crippen molar-refractivity contribution in [3.63, 3.8) is 0 Å². The highest BCUT2D eigenvalue weighted by atomic mass is 35.5. The van der Waals surface area contributed by atoms with E-state index < -0.39 is 32.7 Å². The van der Waals surface area contributed by atoms with Crippen LogP contribution in [0.5, 0.6) is 5.75 Å². The van der Waals surface area contributed by atoms with Crippen molar-refractivity contribution in [3.8, 4) is 5.75 Å². The van der Waals surface area contributed by atoms with Crippen LogP contribution < -0.4 is 10.6 Å². The molecule has 0 saturated heterocycles. The second-order valence-corrected chi connectivity index (χ2v) is 11.8. The minimum Gasteiger partial charge on any atom is -0.506 e. The molecule has 3 aromatic rings. The molecule has 36 heavy (non-hydrogen) atoms. The fourth-order valence-electron chi connectivity index (χ4n) is 3.28. The maximum absolute atomic E-state index is 13.1. The van der Waals surface area contributed by atoms with Gasteiger partial charge in [-0.15, -0.1) is 11.8 Å². The number of carbonyl (C=O) groups is 2. The molecule has 0 heterocycles. The highest BCUT2D eigenvalue weighted by Crippen LogP contribution is 2.35. The summed E-state index contributed by atoms with van der Waals surface area (Å²) in [6, 6.07) is 12.9. The molecule has 0 fully saturated rings. The van der Waals surface area contributed by atoms with E-state index in [2.05, 4.69) is 10.6 Å². The van der Waals surface area contributed by atoms with E-state index >= 15 is 0 Å². The van der Waals surface area contributed by atoms with Crippen LogP contribution in [0.4, 0.5) is 11.4 Å². The van der Waals surface area contributed by atoms with E-state index in [0.717, 1.165) is 11.0 Å². The van der Waals surface area contributed by atoms with E-state index in [4.69, 9.17) is 34.8 Å². The summed E-state index contributed by atoms with van der Waals surface area (Å²) in [6.45, 7) is 1.58. The van der Waals surface area contributed by atoms with Crippen molar-refractivity contribution in [2.45, 2.75) is 28.4 Å². The quantitative estimate of drug-likeness (QED) is 0.204. The summed E-state index contributed by atoms with van der Waals surface area (Å²) in [5.41, 5.74) is 0.152. The van der Waals surface area contributed by atoms with Gasteiger partial charge in [-0.3, -0.25) is 9.59 Å². The Morgan fingerprint density at radius 1 is 0.917 bits per heavy atom. The molecule has 0 aliphatic rings. The molecule has 0 aromatic heterocycles. The number of amides is 2. The summed E-state index contributed by atoms with van der Waals surface area (Å²) in [5.74, 6) is -1.78. The van der Waals surface area contributed by atoms with Gasteiger partial charge in [0.25, 0.3) is 5.91 Å². The molecule has 0 aliphatic carbocycles. The van der Waals surface area contributed by atoms with Gasteiger partial charge in [0.2, 0.25) is 5.91 Å². The van der Waals surface area contributed by atoms with Gasteiger partial charge in [-0.2, -0.15) is 0 Å². The van der Waals surface area contributed by atoms with E-state index in [-0.39, 0.29) is 43.3 Å². The molecule has 0 bridgehead atoms. The topological polar surface area (TPSA) is 113 Å². The molecule has 12 heteroatoms. The van der Waals surface area contributed by atoms with Gasteiger partial charge in [0.15, 0.2) is 9.84 Å². The van der Waals surface area contributed by atoms with Crippen LogP contribution >= 0.6 is 46.6 Å². The summed E-state index contributed by atoms with van der Waals surface area (Å²) in [7, 11) is -3.98. The van der Waals surface area contributed by atoms with Crippen LogP contribution in [0.3, 0.4) is 0 Å². The number of anilines is 2. The standard InChI is InChI=1S/C24H21Cl3N2O5S2/c1-3-22(36(33,34)15-7-5-14(35-2)6-8-15)24(32)28-19-12-21(30)20(11-18(19)27)29-23(31)13-4-9-16(25)17(26)10-13/h4-12,22,30H,3H2,1-2H3,(H,28,32)(H,29,31). The van der Waals surface area contributed by atoms with Gasteiger partial charge in [-0.05, 0) is 61.2 Å². The summed E-state index contributed by atoms with van der Waals surface area (Å²) in [4.78, 5) is 26.4. The molecule has 3 rings (SSSR count). The van der Waals surface area contributed by atoms with Crippen molar-refractivity contribution >= 4 is 79.6 Å². The molecular weight excluding hydrogens is 567 g/mol. The number of benzene rings is 3. The van der Waals surface area contributed by atoms with E-state index in [0.29, 0.717) is 0 Å². The second-order valence-electron chi connectivity index (χ2n) is 7.54. The maximum atomic E-state index is 13.1. The first kappa shape index (κ1) is 28.1. The van der Waals surface area contributed by atoms with Gasteiger partial charge >= 0.3 is 0 Å². The molecule has 1 atom stereocenters. The number of rotatable bonds is 8. The minimum absolute atomic E-state index is 0.0137. The fraction of sp³-hybridized carbons (Fsp3) is 0.167.